The molecule has 0 spiro atoms. The van der Waals surface area contributed by atoms with Crippen LogP contribution in [0.25, 0.3) is 33.3 Å². The summed E-state index contributed by atoms with van der Waals surface area (Å²) in [5, 5.41) is 1.15. The lowest BCUT2D eigenvalue weighted by Gasteiger charge is -2.24. The number of aromatic nitrogens is 3. The monoisotopic (exact) mass is 360 g/mol. The molecule has 26 heavy (non-hydrogen) atoms. The molecule has 130 valence electrons. The molecule has 5 rings (SSSR count). The average Bonchev–Trinajstić information content (AvgIpc) is 3.12. The van der Waals surface area contributed by atoms with Gasteiger partial charge in [-0.3, -0.25) is 4.98 Å². The molecular formula is C21H20N4S. The number of piperidine rings is 1. The molecule has 0 unspecified atom stereocenters. The molecule has 1 saturated heterocycles. The number of benzene rings is 2. The van der Waals surface area contributed by atoms with E-state index in [2.05, 4.69) is 56.7 Å². The molecule has 2 aromatic carbocycles. The van der Waals surface area contributed by atoms with E-state index in [1.54, 1.807) is 0 Å². The van der Waals surface area contributed by atoms with Crippen molar-refractivity contribution in [2.75, 3.05) is 13.1 Å². The first-order valence-corrected chi connectivity index (χ1v) is 9.90. The fraction of sp³-hybridized carbons (Fsp3) is 0.238. The molecule has 0 radical (unpaired) electrons. The number of pyridine rings is 1. The van der Waals surface area contributed by atoms with E-state index in [0.29, 0.717) is 0 Å². The second-order valence-electron chi connectivity index (χ2n) is 6.76. The Morgan fingerprint density at radius 3 is 2.77 bits per heavy atom. The van der Waals surface area contributed by atoms with Crippen LogP contribution in [0.1, 0.15) is 19.3 Å². The highest BCUT2D eigenvalue weighted by molar-refractivity contribution is 7.97. The van der Waals surface area contributed by atoms with Gasteiger partial charge in [-0.25, -0.2) is 9.29 Å². The van der Waals surface area contributed by atoms with Gasteiger partial charge in [0.1, 0.15) is 5.82 Å². The van der Waals surface area contributed by atoms with E-state index in [-0.39, 0.29) is 0 Å². The Morgan fingerprint density at radius 2 is 1.85 bits per heavy atom. The maximum absolute atomic E-state index is 4.77. The van der Waals surface area contributed by atoms with Gasteiger partial charge < -0.3 is 4.98 Å². The van der Waals surface area contributed by atoms with Crippen molar-refractivity contribution in [3.63, 3.8) is 0 Å². The molecule has 0 saturated carbocycles. The standard InChI is InChI=1S/C21H20N4S/c1-2-11-25(12-3-1)26-17-8-9-18-20(14-17)24-21(23-18)16-7-6-15-5-4-10-22-19(15)13-16/h4-10,13-14H,1-3,11-12H2,(H,23,24). The largest absolute Gasteiger partial charge is 0.338 e. The summed E-state index contributed by atoms with van der Waals surface area (Å²) < 4.78 is 2.47. The highest BCUT2D eigenvalue weighted by Crippen LogP contribution is 2.30. The normalized spacial score (nSPS) is 15.7. The van der Waals surface area contributed by atoms with Crippen molar-refractivity contribution in [1.82, 2.24) is 19.3 Å². The fourth-order valence-corrected chi connectivity index (χ4v) is 4.54. The number of nitrogens with one attached hydrogen (secondary N) is 1. The Bertz CT molecular complexity index is 1070. The minimum absolute atomic E-state index is 0.896. The number of hydrogen-bond donors (Lipinski definition) is 1. The first-order chi connectivity index (χ1) is 12.8. The third-order valence-corrected chi connectivity index (χ3v) is 5.97. The van der Waals surface area contributed by atoms with Gasteiger partial charge in [0.2, 0.25) is 0 Å². The van der Waals surface area contributed by atoms with Crippen LogP contribution in [0, 0.1) is 0 Å². The van der Waals surface area contributed by atoms with Crippen molar-refractivity contribution >= 4 is 33.9 Å². The van der Waals surface area contributed by atoms with Crippen LogP contribution in [-0.4, -0.2) is 32.3 Å². The second kappa shape index (κ2) is 6.74. The number of H-pyrrole nitrogens is 1. The average molecular weight is 360 g/mol. The summed E-state index contributed by atoms with van der Waals surface area (Å²) >= 11 is 1.86. The second-order valence-corrected chi connectivity index (χ2v) is 7.93. The molecule has 1 aliphatic heterocycles. The third kappa shape index (κ3) is 3.08. The smallest absolute Gasteiger partial charge is 0.138 e. The summed E-state index contributed by atoms with van der Waals surface area (Å²) in [6, 6.07) is 16.8. The number of fused-ring (bicyclic) bond motifs is 2. The number of nitrogens with zero attached hydrogens (tertiary/aromatic N) is 3. The van der Waals surface area contributed by atoms with Crippen LogP contribution in [0.2, 0.25) is 0 Å². The van der Waals surface area contributed by atoms with Crippen molar-refractivity contribution in [2.24, 2.45) is 0 Å². The number of rotatable bonds is 3. The van der Waals surface area contributed by atoms with E-state index >= 15 is 0 Å². The summed E-state index contributed by atoms with van der Waals surface area (Å²) in [7, 11) is 0. The summed E-state index contributed by atoms with van der Waals surface area (Å²) in [4.78, 5) is 14.0. The quantitative estimate of drug-likeness (QED) is 0.506. The highest BCUT2D eigenvalue weighted by Gasteiger charge is 2.13. The van der Waals surface area contributed by atoms with Crippen LogP contribution in [0.15, 0.2) is 59.6 Å². The van der Waals surface area contributed by atoms with Crippen LogP contribution in [0.5, 0.6) is 0 Å². The lowest BCUT2D eigenvalue weighted by molar-refractivity contribution is 0.380. The van der Waals surface area contributed by atoms with Crippen molar-refractivity contribution < 1.29 is 0 Å². The first kappa shape index (κ1) is 15.9. The summed E-state index contributed by atoms with van der Waals surface area (Å²) in [6.45, 7) is 2.36. The lowest BCUT2D eigenvalue weighted by Crippen LogP contribution is -2.22. The molecule has 3 heterocycles. The fourth-order valence-electron chi connectivity index (χ4n) is 3.50. The van der Waals surface area contributed by atoms with Gasteiger partial charge in [-0.15, -0.1) is 0 Å². The minimum Gasteiger partial charge on any atom is -0.338 e. The Balaban J connectivity index is 1.46. The SMILES string of the molecule is c1cnc2cc(-c3nc4ccc(SN5CCCCC5)cc4[nH]3)ccc2c1. The zero-order chi connectivity index (χ0) is 17.3. The van der Waals surface area contributed by atoms with Crippen LogP contribution in [0.3, 0.4) is 0 Å². The molecule has 1 N–H and O–H groups in total. The molecule has 0 atom stereocenters. The van der Waals surface area contributed by atoms with Crippen molar-refractivity contribution in [3.8, 4) is 11.4 Å². The maximum Gasteiger partial charge on any atom is 0.138 e. The van der Waals surface area contributed by atoms with Crippen LogP contribution in [0.4, 0.5) is 0 Å². The molecule has 0 bridgehead atoms. The van der Waals surface area contributed by atoms with E-state index < -0.39 is 0 Å². The summed E-state index contributed by atoms with van der Waals surface area (Å²) in [5.74, 6) is 0.896. The van der Waals surface area contributed by atoms with Crippen LogP contribution >= 0.6 is 11.9 Å². The predicted molar refractivity (Wildman–Crippen MR) is 108 cm³/mol. The number of aromatic amines is 1. The van der Waals surface area contributed by atoms with E-state index in [0.717, 1.165) is 33.3 Å². The first-order valence-electron chi connectivity index (χ1n) is 9.13. The van der Waals surface area contributed by atoms with Gasteiger partial charge in [0, 0.05) is 35.1 Å². The Labute approximate surface area is 156 Å². The summed E-state index contributed by atoms with van der Waals surface area (Å²) in [5.41, 5.74) is 4.15. The van der Waals surface area contributed by atoms with Gasteiger partial charge in [0.05, 0.1) is 16.6 Å². The Hall–Kier alpha value is -2.37. The molecule has 0 amide bonds. The minimum atomic E-state index is 0.896. The topological polar surface area (TPSA) is 44.8 Å². The van der Waals surface area contributed by atoms with E-state index in [1.165, 1.54) is 37.2 Å². The van der Waals surface area contributed by atoms with Gasteiger partial charge in [0.25, 0.3) is 0 Å². The Morgan fingerprint density at radius 1 is 0.923 bits per heavy atom. The lowest BCUT2D eigenvalue weighted by atomic mass is 10.1. The van der Waals surface area contributed by atoms with Gasteiger partial charge >= 0.3 is 0 Å². The van der Waals surface area contributed by atoms with Gasteiger partial charge in [0.15, 0.2) is 0 Å². The number of imidazole rings is 1. The van der Waals surface area contributed by atoms with E-state index in [4.69, 9.17) is 4.98 Å². The molecule has 0 aliphatic carbocycles. The predicted octanol–water partition coefficient (Wildman–Crippen LogP) is 5.27. The molecular weight excluding hydrogens is 340 g/mol. The molecule has 1 aliphatic rings. The molecule has 5 heteroatoms. The van der Waals surface area contributed by atoms with Crippen LogP contribution < -0.4 is 0 Å². The molecule has 1 fully saturated rings. The zero-order valence-electron chi connectivity index (χ0n) is 14.5. The van der Waals surface area contributed by atoms with E-state index in [1.807, 2.05) is 24.2 Å². The number of hydrogen-bond acceptors (Lipinski definition) is 4. The maximum atomic E-state index is 4.77. The van der Waals surface area contributed by atoms with Crippen LogP contribution in [-0.2, 0) is 0 Å². The summed E-state index contributed by atoms with van der Waals surface area (Å²) in [6.07, 6.45) is 5.80. The molecule has 4 aromatic rings. The Kier molecular flexibility index (Phi) is 4.11. The van der Waals surface area contributed by atoms with Gasteiger partial charge in [-0.1, -0.05) is 24.6 Å². The molecule has 4 nitrogen and oxygen atoms in total. The van der Waals surface area contributed by atoms with Gasteiger partial charge in [-0.2, -0.15) is 0 Å². The molecule has 2 aromatic heterocycles. The third-order valence-electron chi connectivity index (χ3n) is 4.88. The van der Waals surface area contributed by atoms with Crippen molar-refractivity contribution in [1.29, 1.82) is 0 Å². The highest BCUT2D eigenvalue weighted by atomic mass is 32.2. The zero-order valence-corrected chi connectivity index (χ0v) is 15.3. The van der Waals surface area contributed by atoms with Crippen molar-refractivity contribution in [3.05, 3.63) is 54.7 Å². The van der Waals surface area contributed by atoms with Crippen molar-refractivity contribution in [2.45, 2.75) is 24.2 Å². The van der Waals surface area contributed by atoms with E-state index in [9.17, 15) is 0 Å². The van der Waals surface area contributed by atoms with Gasteiger partial charge in [-0.05, 0) is 55.1 Å².